The number of nitrogens with zero attached hydrogens (tertiary/aromatic N) is 2. The van der Waals surface area contributed by atoms with Gasteiger partial charge in [-0.3, -0.25) is 14.4 Å². The zero-order valence-electron chi connectivity index (χ0n) is 18.4. The number of carbonyl (C=O) groups excluding carboxylic acids is 3. The maximum absolute atomic E-state index is 13.4. The van der Waals surface area contributed by atoms with Gasteiger partial charge in [0, 0.05) is 23.7 Å². The van der Waals surface area contributed by atoms with Crippen molar-refractivity contribution in [1.29, 1.82) is 0 Å². The van der Waals surface area contributed by atoms with Gasteiger partial charge in [-0.05, 0) is 49.1 Å². The minimum Gasteiger partial charge on any atom is -0.341 e. The number of nitrogens with one attached hydrogen (secondary N) is 1. The smallest absolute Gasteiger partial charge is 0.250 e. The largest absolute Gasteiger partial charge is 0.341 e. The predicted octanol–water partition coefficient (Wildman–Crippen LogP) is 4.10. The summed E-state index contributed by atoms with van der Waals surface area (Å²) in [7, 11) is 0. The van der Waals surface area contributed by atoms with Crippen molar-refractivity contribution in [2.45, 2.75) is 49.2 Å². The van der Waals surface area contributed by atoms with Crippen LogP contribution in [0.5, 0.6) is 0 Å². The van der Waals surface area contributed by atoms with E-state index in [1.165, 1.54) is 16.7 Å². The van der Waals surface area contributed by atoms with E-state index >= 15 is 0 Å². The average molecular weight is 452 g/mol. The summed E-state index contributed by atoms with van der Waals surface area (Å²) in [5.74, 6) is -0.743. The molecule has 32 heavy (non-hydrogen) atoms. The molecule has 2 aliphatic heterocycles. The number of benzene rings is 2. The first-order valence-corrected chi connectivity index (χ1v) is 12.2. The van der Waals surface area contributed by atoms with Crippen LogP contribution in [0.2, 0.25) is 0 Å². The molecule has 0 bridgehead atoms. The van der Waals surface area contributed by atoms with E-state index in [4.69, 9.17) is 0 Å². The predicted molar refractivity (Wildman–Crippen MR) is 128 cm³/mol. The number of hydrogen-bond donors (Lipinski definition) is 1. The zero-order chi connectivity index (χ0) is 22.5. The molecule has 1 fully saturated rings. The fourth-order valence-electron chi connectivity index (χ4n) is 4.21. The quantitative estimate of drug-likeness (QED) is 0.695. The Labute approximate surface area is 193 Å². The molecular weight excluding hydrogens is 422 g/mol. The molecule has 2 aromatic carbocycles. The Morgan fingerprint density at radius 2 is 1.78 bits per heavy atom. The van der Waals surface area contributed by atoms with Crippen molar-refractivity contribution in [2.24, 2.45) is 0 Å². The third kappa shape index (κ3) is 4.99. The van der Waals surface area contributed by atoms with Gasteiger partial charge in [-0.2, -0.15) is 0 Å². The molecule has 0 spiro atoms. The summed E-state index contributed by atoms with van der Waals surface area (Å²) in [6, 6.07) is 15.2. The van der Waals surface area contributed by atoms with Gasteiger partial charge in [0.15, 0.2) is 5.25 Å². The van der Waals surface area contributed by atoms with Crippen LogP contribution in [-0.4, -0.2) is 47.5 Å². The minimum atomic E-state index is -0.848. The van der Waals surface area contributed by atoms with E-state index in [9.17, 15) is 14.4 Å². The molecule has 0 saturated carbocycles. The van der Waals surface area contributed by atoms with Gasteiger partial charge in [0.1, 0.15) is 6.54 Å². The van der Waals surface area contributed by atoms with Crippen LogP contribution in [0.4, 0.5) is 11.4 Å². The highest BCUT2D eigenvalue weighted by Crippen LogP contribution is 2.39. The summed E-state index contributed by atoms with van der Waals surface area (Å²) < 4.78 is 0. The molecular formula is C25H29N3O3S. The number of aryl methyl sites for hydroxylation is 1. The van der Waals surface area contributed by atoms with E-state index in [1.807, 2.05) is 53.4 Å². The Balaban J connectivity index is 1.53. The van der Waals surface area contributed by atoms with Crippen molar-refractivity contribution in [1.82, 2.24) is 4.90 Å². The molecule has 0 radical (unpaired) electrons. The van der Waals surface area contributed by atoms with Gasteiger partial charge >= 0.3 is 0 Å². The van der Waals surface area contributed by atoms with Gasteiger partial charge in [0.25, 0.3) is 5.91 Å². The van der Waals surface area contributed by atoms with Crippen LogP contribution < -0.4 is 10.2 Å². The van der Waals surface area contributed by atoms with Crippen molar-refractivity contribution >= 4 is 40.9 Å². The van der Waals surface area contributed by atoms with Crippen LogP contribution in [0.3, 0.4) is 0 Å². The van der Waals surface area contributed by atoms with Crippen molar-refractivity contribution in [3.05, 3.63) is 54.1 Å². The molecule has 6 nitrogen and oxygen atoms in total. The van der Waals surface area contributed by atoms with Crippen LogP contribution in [0, 0.1) is 0 Å². The Morgan fingerprint density at radius 3 is 2.53 bits per heavy atom. The van der Waals surface area contributed by atoms with Gasteiger partial charge in [-0.25, -0.2) is 0 Å². The second kappa shape index (κ2) is 10.2. The molecule has 3 amide bonds. The summed E-state index contributed by atoms with van der Waals surface area (Å²) in [5.41, 5.74) is 2.51. The molecule has 1 N–H and O–H groups in total. The number of carbonyl (C=O) groups is 3. The normalized spacial score (nSPS) is 18.7. The number of rotatable bonds is 5. The molecule has 1 atom stereocenters. The molecule has 4 rings (SSSR count). The lowest BCUT2D eigenvalue weighted by Crippen LogP contribution is -2.51. The molecule has 0 aliphatic carbocycles. The second-order valence-corrected chi connectivity index (χ2v) is 9.38. The van der Waals surface area contributed by atoms with Gasteiger partial charge in [-0.15, -0.1) is 11.8 Å². The second-order valence-electron chi connectivity index (χ2n) is 8.23. The van der Waals surface area contributed by atoms with E-state index in [0.717, 1.165) is 42.6 Å². The first kappa shape index (κ1) is 22.4. The van der Waals surface area contributed by atoms with E-state index in [0.29, 0.717) is 24.5 Å². The lowest BCUT2D eigenvalue weighted by Gasteiger charge is -2.34. The summed E-state index contributed by atoms with van der Waals surface area (Å²) in [4.78, 5) is 43.7. The Hall–Kier alpha value is -2.80. The van der Waals surface area contributed by atoms with Gasteiger partial charge in [0.2, 0.25) is 11.8 Å². The monoisotopic (exact) mass is 451 g/mol. The standard InChI is InChI=1S/C25H29N3O3S/c1-2-18-10-9-11-19(16-18)26-22(29)17-28-20-12-5-6-13-21(20)32-23(25(28)31)24(30)27-14-7-3-4-8-15-27/h5-6,9-13,16,23H,2-4,7-8,14-15,17H2,1H3,(H,26,29). The highest BCUT2D eigenvalue weighted by Gasteiger charge is 2.40. The van der Waals surface area contributed by atoms with Crippen LogP contribution >= 0.6 is 11.8 Å². The fourth-order valence-corrected chi connectivity index (χ4v) is 5.39. The van der Waals surface area contributed by atoms with E-state index < -0.39 is 5.25 Å². The lowest BCUT2D eigenvalue weighted by molar-refractivity contribution is -0.135. The molecule has 1 unspecified atom stereocenters. The fraction of sp³-hybridized carbons (Fsp3) is 0.400. The highest BCUT2D eigenvalue weighted by molar-refractivity contribution is 8.01. The number of fused-ring (bicyclic) bond motifs is 1. The topological polar surface area (TPSA) is 69.7 Å². The van der Waals surface area contributed by atoms with Crippen molar-refractivity contribution < 1.29 is 14.4 Å². The maximum Gasteiger partial charge on any atom is 0.250 e. The van der Waals surface area contributed by atoms with Crippen molar-refractivity contribution in [3.63, 3.8) is 0 Å². The van der Waals surface area contributed by atoms with Crippen molar-refractivity contribution in [3.8, 4) is 0 Å². The Kier molecular flexibility index (Phi) is 7.15. The zero-order valence-corrected chi connectivity index (χ0v) is 19.2. The first-order valence-electron chi connectivity index (χ1n) is 11.3. The number of para-hydroxylation sites is 1. The van der Waals surface area contributed by atoms with E-state index in [1.54, 1.807) is 0 Å². The molecule has 1 saturated heterocycles. The van der Waals surface area contributed by atoms with Crippen molar-refractivity contribution in [2.75, 3.05) is 29.9 Å². The molecule has 2 heterocycles. The van der Waals surface area contributed by atoms with Crippen LogP contribution in [0.25, 0.3) is 0 Å². The summed E-state index contributed by atoms with van der Waals surface area (Å²) in [6.45, 7) is 3.32. The average Bonchev–Trinajstić information content (AvgIpc) is 3.10. The van der Waals surface area contributed by atoms with Gasteiger partial charge < -0.3 is 15.1 Å². The van der Waals surface area contributed by atoms with Crippen LogP contribution in [0.15, 0.2) is 53.4 Å². The molecule has 2 aliphatic rings. The number of anilines is 2. The van der Waals surface area contributed by atoms with Crippen LogP contribution in [-0.2, 0) is 20.8 Å². The molecule has 2 aromatic rings. The number of amides is 3. The minimum absolute atomic E-state index is 0.128. The molecule has 168 valence electrons. The number of hydrogen-bond acceptors (Lipinski definition) is 4. The maximum atomic E-state index is 13.4. The first-order chi connectivity index (χ1) is 15.6. The summed E-state index contributed by atoms with van der Waals surface area (Å²) >= 11 is 1.30. The van der Waals surface area contributed by atoms with Crippen LogP contribution in [0.1, 0.15) is 38.2 Å². The summed E-state index contributed by atoms with van der Waals surface area (Å²) in [5, 5.41) is 2.05. The van der Waals surface area contributed by atoms with E-state index in [-0.39, 0.29) is 24.3 Å². The molecule has 0 aromatic heterocycles. The molecule has 7 heteroatoms. The third-order valence-corrected chi connectivity index (χ3v) is 7.19. The number of thioether (sulfide) groups is 1. The summed E-state index contributed by atoms with van der Waals surface area (Å²) in [6.07, 6.45) is 5.04. The Morgan fingerprint density at radius 1 is 1.03 bits per heavy atom. The lowest BCUT2D eigenvalue weighted by atomic mass is 10.1. The Bertz CT molecular complexity index is 1000. The number of likely N-dealkylation sites (tertiary alicyclic amines) is 1. The van der Waals surface area contributed by atoms with Gasteiger partial charge in [-0.1, -0.05) is 44.0 Å². The highest BCUT2D eigenvalue weighted by atomic mass is 32.2. The van der Waals surface area contributed by atoms with E-state index in [2.05, 4.69) is 12.2 Å². The van der Waals surface area contributed by atoms with Gasteiger partial charge in [0.05, 0.1) is 5.69 Å². The third-order valence-electron chi connectivity index (χ3n) is 5.95. The SMILES string of the molecule is CCc1cccc(NC(=O)CN2C(=O)C(C(=O)N3CCCCCC3)Sc3ccccc32)c1.